The molecule has 0 aliphatic carbocycles. The molecule has 1 fully saturated rings. The number of carbonyl (C=O) groups excluding carboxylic acids is 1. The molecule has 1 aliphatic rings. The van der Waals surface area contributed by atoms with Crippen molar-refractivity contribution >= 4 is 11.9 Å². The summed E-state index contributed by atoms with van der Waals surface area (Å²) in [5, 5.41) is 9.36. The van der Waals surface area contributed by atoms with Crippen molar-refractivity contribution in [1.29, 1.82) is 0 Å². The number of carboxylic acid groups (broad SMARTS) is 1. The van der Waals surface area contributed by atoms with Crippen molar-refractivity contribution in [3.05, 3.63) is 59.9 Å². The van der Waals surface area contributed by atoms with Gasteiger partial charge < -0.3 is 19.6 Å². The number of methoxy groups -OCH3 is 1. The van der Waals surface area contributed by atoms with Gasteiger partial charge in [0.15, 0.2) is 0 Å². The zero-order chi connectivity index (χ0) is 22.9. The maximum absolute atomic E-state index is 13.0. The van der Waals surface area contributed by atoms with E-state index in [0.29, 0.717) is 24.4 Å². The van der Waals surface area contributed by atoms with Gasteiger partial charge in [0.2, 0.25) is 0 Å². The number of hydrogen-bond donors (Lipinski definition) is 1. The molecule has 1 aromatic heterocycles. The second-order valence-electron chi connectivity index (χ2n) is 8.55. The topological polar surface area (TPSA) is 83.0 Å². The highest BCUT2D eigenvalue weighted by Gasteiger charge is 2.33. The van der Waals surface area contributed by atoms with E-state index in [1.54, 1.807) is 31.4 Å². The third kappa shape index (κ3) is 6.79. The van der Waals surface area contributed by atoms with E-state index in [0.717, 1.165) is 38.0 Å². The summed E-state index contributed by atoms with van der Waals surface area (Å²) >= 11 is 0. The first kappa shape index (κ1) is 23.7. The molecule has 1 N–H and O–H groups in total. The number of nitrogens with zero attached hydrogens (tertiary/aromatic N) is 3. The van der Waals surface area contributed by atoms with Gasteiger partial charge in [-0.15, -0.1) is 0 Å². The minimum Gasteiger partial charge on any atom is -0.497 e. The number of rotatable bonds is 10. The minimum atomic E-state index is -0.765. The van der Waals surface area contributed by atoms with Gasteiger partial charge in [-0.05, 0) is 74.7 Å². The molecule has 3 rings (SSSR count). The maximum atomic E-state index is 13.0. The second-order valence-corrected chi connectivity index (χ2v) is 8.55. The van der Waals surface area contributed by atoms with E-state index >= 15 is 0 Å². The van der Waals surface area contributed by atoms with Crippen LogP contribution in [0.3, 0.4) is 0 Å². The van der Waals surface area contributed by atoms with Crippen molar-refractivity contribution in [2.45, 2.75) is 25.7 Å². The Labute approximate surface area is 190 Å². The Kier molecular flexibility index (Phi) is 8.62. The lowest BCUT2D eigenvalue weighted by Gasteiger charge is -2.39. The van der Waals surface area contributed by atoms with Crippen molar-refractivity contribution in [3.8, 4) is 5.75 Å². The van der Waals surface area contributed by atoms with Crippen LogP contribution >= 0.6 is 0 Å². The van der Waals surface area contributed by atoms with Crippen LogP contribution < -0.4 is 4.74 Å². The number of carbonyl (C=O) groups is 2. The number of amides is 1. The average molecular weight is 440 g/mol. The molecule has 1 aliphatic heterocycles. The Morgan fingerprint density at radius 1 is 1.16 bits per heavy atom. The fraction of sp³-hybridized carbons (Fsp3) is 0.480. The summed E-state index contributed by atoms with van der Waals surface area (Å²) in [6, 6.07) is 13.1. The van der Waals surface area contributed by atoms with Crippen molar-refractivity contribution < 1.29 is 19.4 Å². The Morgan fingerprint density at radius 3 is 2.59 bits per heavy atom. The number of piperidine rings is 1. The van der Waals surface area contributed by atoms with E-state index in [1.165, 1.54) is 0 Å². The van der Waals surface area contributed by atoms with E-state index < -0.39 is 5.97 Å². The normalized spacial score (nSPS) is 18.5. The molecule has 1 aromatic carbocycles. The van der Waals surface area contributed by atoms with Crippen LogP contribution in [0.5, 0.6) is 5.75 Å². The third-order valence-electron chi connectivity index (χ3n) is 6.31. The predicted molar refractivity (Wildman–Crippen MR) is 123 cm³/mol. The maximum Gasteiger partial charge on any atom is 0.303 e. The Balaban J connectivity index is 1.58. The Hall–Kier alpha value is -2.93. The van der Waals surface area contributed by atoms with Gasteiger partial charge in [-0.1, -0.05) is 6.07 Å². The van der Waals surface area contributed by atoms with Gasteiger partial charge >= 0.3 is 5.97 Å². The highest BCUT2D eigenvalue weighted by atomic mass is 16.5. The summed E-state index contributed by atoms with van der Waals surface area (Å²) in [6.45, 7) is 2.94. The summed E-state index contributed by atoms with van der Waals surface area (Å²) in [5.41, 5.74) is 1.70. The number of likely N-dealkylation sites (tertiary alicyclic amines) is 1. The highest BCUT2D eigenvalue weighted by molar-refractivity contribution is 5.94. The summed E-state index contributed by atoms with van der Waals surface area (Å²) in [6.07, 6.45) is 4.43. The fourth-order valence-electron chi connectivity index (χ4n) is 4.35. The molecule has 0 radical (unpaired) electrons. The molecule has 1 saturated heterocycles. The van der Waals surface area contributed by atoms with Crippen LogP contribution in [0.15, 0.2) is 48.7 Å². The first-order chi connectivity index (χ1) is 15.5. The largest absolute Gasteiger partial charge is 0.497 e. The Bertz CT molecular complexity index is 873. The van der Waals surface area contributed by atoms with Crippen LogP contribution in [0.4, 0.5) is 0 Å². The molecule has 0 bridgehead atoms. The molecule has 0 saturated carbocycles. The van der Waals surface area contributed by atoms with Crippen LogP contribution in [-0.4, -0.2) is 72.1 Å². The van der Waals surface area contributed by atoms with Gasteiger partial charge in [0.25, 0.3) is 5.91 Å². The molecule has 7 heteroatoms. The number of likely N-dealkylation sites (N-methyl/N-ethyl adjacent to an activating group) is 1. The summed E-state index contributed by atoms with van der Waals surface area (Å²) in [4.78, 5) is 32.9. The number of carboxylic acids is 1. The van der Waals surface area contributed by atoms with Crippen LogP contribution in [0, 0.1) is 11.8 Å². The van der Waals surface area contributed by atoms with Crippen LogP contribution in [0.25, 0.3) is 0 Å². The molecule has 2 aromatic rings. The summed E-state index contributed by atoms with van der Waals surface area (Å²) in [7, 11) is 3.68. The van der Waals surface area contributed by atoms with Crippen molar-refractivity contribution in [2.75, 3.05) is 40.3 Å². The zero-order valence-electron chi connectivity index (χ0n) is 18.9. The van der Waals surface area contributed by atoms with Gasteiger partial charge in [0.05, 0.1) is 7.11 Å². The molecule has 2 heterocycles. The highest BCUT2D eigenvalue weighted by Crippen LogP contribution is 2.30. The van der Waals surface area contributed by atoms with Crippen molar-refractivity contribution in [1.82, 2.24) is 14.8 Å². The number of hydrogen-bond acceptors (Lipinski definition) is 5. The van der Waals surface area contributed by atoms with Crippen LogP contribution in [0.1, 0.15) is 35.3 Å². The lowest BCUT2D eigenvalue weighted by atomic mass is 9.81. The van der Waals surface area contributed by atoms with Gasteiger partial charge in [-0.25, -0.2) is 0 Å². The Morgan fingerprint density at radius 2 is 1.94 bits per heavy atom. The molecule has 1 amide bonds. The minimum absolute atomic E-state index is 0.00469. The predicted octanol–water partition coefficient (Wildman–Crippen LogP) is 3.21. The van der Waals surface area contributed by atoms with Crippen LogP contribution in [-0.2, 0) is 11.2 Å². The van der Waals surface area contributed by atoms with Crippen molar-refractivity contribution in [2.24, 2.45) is 11.8 Å². The lowest BCUT2D eigenvalue weighted by molar-refractivity contribution is -0.139. The molecule has 0 spiro atoms. The van der Waals surface area contributed by atoms with E-state index in [2.05, 4.69) is 16.9 Å². The molecule has 2 unspecified atom stereocenters. The molecule has 2 atom stereocenters. The van der Waals surface area contributed by atoms with Gasteiger partial charge in [-0.3, -0.25) is 14.6 Å². The first-order valence-corrected chi connectivity index (χ1v) is 11.2. The fourth-order valence-corrected chi connectivity index (χ4v) is 4.35. The molecular weight excluding hydrogens is 406 g/mol. The monoisotopic (exact) mass is 439 g/mol. The smallest absolute Gasteiger partial charge is 0.303 e. The first-order valence-electron chi connectivity index (χ1n) is 11.2. The summed E-state index contributed by atoms with van der Waals surface area (Å²) < 4.78 is 5.18. The van der Waals surface area contributed by atoms with Gasteiger partial charge in [0.1, 0.15) is 5.75 Å². The van der Waals surface area contributed by atoms with Crippen LogP contribution in [0.2, 0.25) is 0 Å². The third-order valence-corrected chi connectivity index (χ3v) is 6.31. The van der Waals surface area contributed by atoms with E-state index in [9.17, 15) is 14.7 Å². The standard InChI is InChI=1S/C25H33N3O4/c1-27(15-12-22-5-3-4-13-26-22)14-10-21-18-28(16-11-20(21)17-24(29)30)25(31)19-6-8-23(32-2)9-7-19/h3-9,13,20-21H,10-12,14-18H2,1-2H3,(H,29,30). The average Bonchev–Trinajstić information content (AvgIpc) is 2.82. The summed E-state index contributed by atoms with van der Waals surface area (Å²) in [5.74, 6) is 0.206. The number of pyridine rings is 1. The quantitative estimate of drug-likeness (QED) is 0.612. The lowest BCUT2D eigenvalue weighted by Crippen LogP contribution is -2.45. The molecular formula is C25H33N3O4. The number of aliphatic carboxylic acids is 1. The number of benzene rings is 1. The van der Waals surface area contributed by atoms with E-state index in [-0.39, 0.29) is 24.2 Å². The van der Waals surface area contributed by atoms with E-state index in [1.807, 2.05) is 29.3 Å². The van der Waals surface area contributed by atoms with E-state index in [4.69, 9.17) is 4.74 Å². The van der Waals surface area contributed by atoms with Gasteiger partial charge in [0, 0.05) is 49.9 Å². The molecule has 32 heavy (non-hydrogen) atoms. The van der Waals surface area contributed by atoms with Gasteiger partial charge in [-0.2, -0.15) is 0 Å². The SMILES string of the molecule is COc1ccc(C(=O)N2CCC(CC(=O)O)C(CCN(C)CCc3ccccn3)C2)cc1. The van der Waals surface area contributed by atoms with Crippen molar-refractivity contribution in [3.63, 3.8) is 0 Å². The molecule has 7 nitrogen and oxygen atoms in total. The zero-order valence-corrected chi connectivity index (χ0v) is 18.9. The molecule has 172 valence electrons. The number of ether oxygens (including phenoxy) is 1. The number of aromatic nitrogens is 1. The second kappa shape index (κ2) is 11.6.